The van der Waals surface area contributed by atoms with Crippen molar-refractivity contribution in [2.75, 3.05) is 18.1 Å². The molecule has 0 unspecified atom stereocenters. The van der Waals surface area contributed by atoms with Crippen molar-refractivity contribution < 1.29 is 9.59 Å². The zero-order chi connectivity index (χ0) is 18.4. The predicted octanol–water partition coefficient (Wildman–Crippen LogP) is 2.27. The topological polar surface area (TPSA) is 73.8 Å². The summed E-state index contributed by atoms with van der Waals surface area (Å²) in [5, 5.41) is 4.54. The van der Waals surface area contributed by atoms with Crippen LogP contribution in [0.25, 0.3) is 0 Å². The van der Waals surface area contributed by atoms with E-state index in [0.29, 0.717) is 5.69 Å². The average Bonchev–Trinajstić information content (AvgIpc) is 2.66. The molecule has 6 heteroatoms. The van der Waals surface area contributed by atoms with Crippen molar-refractivity contribution in [3.63, 3.8) is 0 Å². The molecule has 142 valence electrons. The van der Waals surface area contributed by atoms with Gasteiger partial charge in [0.05, 0.1) is 5.69 Å². The van der Waals surface area contributed by atoms with Gasteiger partial charge in [0.15, 0.2) is 0 Å². The van der Waals surface area contributed by atoms with Crippen LogP contribution >= 0.6 is 0 Å². The van der Waals surface area contributed by atoms with Crippen LogP contribution in [0, 0.1) is 23.2 Å². The molecule has 1 aliphatic heterocycles. The maximum Gasteiger partial charge on any atom is 0.288 e. The van der Waals surface area contributed by atoms with Gasteiger partial charge in [0.1, 0.15) is 6.54 Å². The molecule has 6 nitrogen and oxygen atoms in total. The molecule has 2 amide bonds. The van der Waals surface area contributed by atoms with Gasteiger partial charge in [0, 0.05) is 6.54 Å². The third-order valence-corrected chi connectivity index (χ3v) is 6.86. The number of nitrogens with zero attached hydrogens (tertiary/aromatic N) is 2. The van der Waals surface area contributed by atoms with E-state index in [1.807, 2.05) is 30.3 Å². The lowest BCUT2D eigenvalue weighted by Gasteiger charge is -2.56. The molecule has 4 bridgehead atoms. The van der Waals surface area contributed by atoms with Crippen molar-refractivity contribution in [3.8, 4) is 0 Å². The van der Waals surface area contributed by atoms with Crippen molar-refractivity contribution in [1.82, 2.24) is 10.7 Å². The van der Waals surface area contributed by atoms with Crippen LogP contribution < -0.4 is 15.8 Å². The molecule has 2 N–H and O–H groups in total. The monoisotopic (exact) mass is 366 g/mol. The van der Waals surface area contributed by atoms with E-state index in [1.54, 1.807) is 0 Å². The van der Waals surface area contributed by atoms with Crippen molar-refractivity contribution in [3.05, 3.63) is 30.3 Å². The summed E-state index contributed by atoms with van der Waals surface area (Å²) in [7, 11) is 0. The number of carbonyl (C=O) groups is 2. The fourth-order valence-corrected chi connectivity index (χ4v) is 6.19. The number of hydrogen-bond acceptors (Lipinski definition) is 4. The van der Waals surface area contributed by atoms with Gasteiger partial charge in [-0.05, 0) is 73.8 Å². The summed E-state index contributed by atoms with van der Waals surface area (Å²) < 4.78 is 0. The number of benzene rings is 1. The molecule has 0 aromatic heterocycles. The van der Waals surface area contributed by atoms with E-state index in [1.165, 1.54) is 43.5 Å². The first-order valence-corrected chi connectivity index (χ1v) is 10.1. The second-order valence-electron chi connectivity index (χ2n) is 8.94. The number of amides is 2. The summed E-state index contributed by atoms with van der Waals surface area (Å²) in [6.07, 6.45) is 7.97. The molecule has 1 heterocycles. The quantitative estimate of drug-likeness (QED) is 0.858. The van der Waals surface area contributed by atoms with Crippen LogP contribution in [-0.4, -0.2) is 30.7 Å². The Morgan fingerprint density at radius 2 is 1.74 bits per heavy atom. The van der Waals surface area contributed by atoms with E-state index in [0.717, 1.165) is 24.3 Å². The molecule has 27 heavy (non-hydrogen) atoms. The molecule has 5 aliphatic rings. The van der Waals surface area contributed by atoms with Crippen molar-refractivity contribution >= 4 is 23.3 Å². The van der Waals surface area contributed by atoms with Crippen molar-refractivity contribution in [1.29, 1.82) is 0 Å². The molecular formula is C21H26N4O2. The molecule has 4 aliphatic carbocycles. The van der Waals surface area contributed by atoms with Crippen LogP contribution in [0.2, 0.25) is 0 Å². The van der Waals surface area contributed by atoms with E-state index >= 15 is 0 Å². The number of nitrogens with one attached hydrogen (secondary N) is 2. The Morgan fingerprint density at radius 1 is 1.11 bits per heavy atom. The first kappa shape index (κ1) is 16.8. The van der Waals surface area contributed by atoms with E-state index in [-0.39, 0.29) is 29.6 Å². The fraction of sp³-hybridized carbons (Fsp3) is 0.571. The molecule has 0 radical (unpaired) electrons. The second kappa shape index (κ2) is 6.36. The Labute approximate surface area is 159 Å². The van der Waals surface area contributed by atoms with Gasteiger partial charge in [-0.15, -0.1) is 0 Å². The van der Waals surface area contributed by atoms with Gasteiger partial charge in [-0.3, -0.25) is 20.0 Å². The fourth-order valence-electron chi connectivity index (χ4n) is 6.19. The van der Waals surface area contributed by atoms with Crippen LogP contribution in [0.3, 0.4) is 0 Å². The Morgan fingerprint density at radius 3 is 2.37 bits per heavy atom. The summed E-state index contributed by atoms with van der Waals surface area (Å²) in [6.45, 7) is 0.720. The van der Waals surface area contributed by atoms with Crippen molar-refractivity contribution in [2.24, 2.45) is 28.2 Å². The minimum absolute atomic E-state index is 0.0119. The summed E-state index contributed by atoms with van der Waals surface area (Å²) >= 11 is 0. The SMILES string of the molecule is O=C(NCC12CC3CC(CC(C3)C1)C2)C1=NCC(=O)N(c2ccccc2)N1. The summed E-state index contributed by atoms with van der Waals surface area (Å²) in [5.41, 5.74) is 3.90. The van der Waals surface area contributed by atoms with Crippen LogP contribution in [0.5, 0.6) is 0 Å². The molecule has 4 fully saturated rings. The van der Waals surface area contributed by atoms with Gasteiger partial charge < -0.3 is 5.32 Å². The smallest absolute Gasteiger partial charge is 0.288 e. The standard InChI is InChI=1S/C21H26N4O2/c26-18-12-22-19(24-25(18)17-4-2-1-3-5-17)20(27)23-13-21-9-14-6-15(10-21)8-16(7-14)11-21/h1-5,14-16H,6-13H2,(H,22,24)(H,23,27). The number of amidine groups is 1. The number of hydrazine groups is 1. The highest BCUT2D eigenvalue weighted by Gasteiger charge is 2.50. The zero-order valence-electron chi connectivity index (χ0n) is 15.5. The van der Waals surface area contributed by atoms with Gasteiger partial charge in [-0.1, -0.05) is 18.2 Å². The Hall–Kier alpha value is -2.37. The third kappa shape index (κ3) is 3.11. The molecule has 4 saturated carbocycles. The minimum Gasteiger partial charge on any atom is -0.349 e. The molecular weight excluding hydrogens is 340 g/mol. The largest absolute Gasteiger partial charge is 0.349 e. The first-order chi connectivity index (χ1) is 13.1. The lowest BCUT2D eigenvalue weighted by Crippen LogP contribution is -2.57. The minimum atomic E-state index is -0.209. The Kier molecular flexibility index (Phi) is 3.95. The molecule has 0 saturated heterocycles. The van der Waals surface area contributed by atoms with Gasteiger partial charge in [-0.25, -0.2) is 5.01 Å². The van der Waals surface area contributed by atoms with Crippen LogP contribution in [0.1, 0.15) is 38.5 Å². The highest BCUT2D eigenvalue weighted by Crippen LogP contribution is 2.59. The number of anilines is 1. The number of carbonyl (C=O) groups excluding carboxylic acids is 2. The van der Waals surface area contributed by atoms with Gasteiger partial charge in [-0.2, -0.15) is 0 Å². The van der Waals surface area contributed by atoms with Gasteiger partial charge in [0.25, 0.3) is 11.8 Å². The number of para-hydroxylation sites is 1. The molecule has 6 rings (SSSR count). The normalized spacial score (nSPS) is 34.2. The maximum absolute atomic E-state index is 12.7. The average molecular weight is 366 g/mol. The van der Waals surface area contributed by atoms with E-state index in [4.69, 9.17) is 0 Å². The molecule has 1 aromatic carbocycles. The number of hydrogen-bond donors (Lipinski definition) is 2. The van der Waals surface area contributed by atoms with Crippen LogP contribution in [0.4, 0.5) is 5.69 Å². The first-order valence-electron chi connectivity index (χ1n) is 10.1. The van der Waals surface area contributed by atoms with Gasteiger partial charge in [0.2, 0.25) is 5.84 Å². The van der Waals surface area contributed by atoms with E-state index in [2.05, 4.69) is 15.7 Å². The molecule has 0 spiro atoms. The van der Waals surface area contributed by atoms with Crippen molar-refractivity contribution in [2.45, 2.75) is 38.5 Å². The highest BCUT2D eigenvalue weighted by molar-refractivity contribution is 6.39. The Balaban J connectivity index is 1.24. The Bertz CT molecular complexity index is 753. The second-order valence-corrected chi connectivity index (χ2v) is 8.94. The molecule has 0 atom stereocenters. The summed E-state index contributed by atoms with van der Waals surface area (Å²) in [5.74, 6) is 2.44. The van der Waals surface area contributed by atoms with Crippen LogP contribution in [0.15, 0.2) is 35.3 Å². The maximum atomic E-state index is 12.7. The number of rotatable bonds is 4. The van der Waals surface area contributed by atoms with Crippen LogP contribution in [-0.2, 0) is 9.59 Å². The summed E-state index contributed by atoms with van der Waals surface area (Å²) in [4.78, 5) is 29.1. The van der Waals surface area contributed by atoms with Gasteiger partial charge >= 0.3 is 0 Å². The zero-order valence-corrected chi connectivity index (χ0v) is 15.5. The summed E-state index contributed by atoms with van der Waals surface area (Å²) in [6, 6.07) is 9.29. The lowest BCUT2D eigenvalue weighted by molar-refractivity contribution is -0.118. The lowest BCUT2D eigenvalue weighted by atomic mass is 9.49. The highest BCUT2D eigenvalue weighted by atomic mass is 16.2. The molecule has 1 aromatic rings. The van der Waals surface area contributed by atoms with E-state index in [9.17, 15) is 9.59 Å². The van der Waals surface area contributed by atoms with E-state index < -0.39 is 0 Å². The predicted molar refractivity (Wildman–Crippen MR) is 103 cm³/mol. The third-order valence-electron chi connectivity index (χ3n) is 6.86. The number of aliphatic imine (C=N–C) groups is 1.